The van der Waals surface area contributed by atoms with Crippen LogP contribution >= 0.6 is 11.6 Å². The van der Waals surface area contributed by atoms with Crippen LogP contribution in [0.4, 0.5) is 0 Å². The van der Waals surface area contributed by atoms with E-state index in [9.17, 15) is 4.79 Å². The second kappa shape index (κ2) is 4.58. The molecule has 0 radical (unpaired) electrons. The number of aromatic nitrogens is 2. The molecule has 0 spiro atoms. The largest absolute Gasteiger partial charge is 0.310 e. The van der Waals surface area contributed by atoms with E-state index in [0.29, 0.717) is 5.69 Å². The first-order valence-electron chi connectivity index (χ1n) is 6.02. The smallest absolute Gasteiger partial charge is 0.251 e. The highest BCUT2D eigenvalue weighted by Gasteiger charge is 2.25. The van der Waals surface area contributed by atoms with Crippen molar-refractivity contribution in [1.82, 2.24) is 9.97 Å². The highest BCUT2D eigenvalue weighted by molar-refractivity contribution is 6.16. The summed E-state index contributed by atoms with van der Waals surface area (Å²) in [7, 11) is 0. The molecule has 0 bridgehead atoms. The Morgan fingerprint density at radius 2 is 2.22 bits per heavy atom. The molecule has 4 heteroatoms. The van der Waals surface area contributed by atoms with Gasteiger partial charge in [0.25, 0.3) is 5.56 Å². The van der Waals surface area contributed by atoms with Gasteiger partial charge in [0.15, 0.2) is 0 Å². The molecule has 1 aliphatic rings. The van der Waals surface area contributed by atoms with Crippen LogP contribution in [0, 0.1) is 0 Å². The van der Waals surface area contributed by atoms with Crippen LogP contribution in [0.1, 0.15) is 35.0 Å². The number of aromatic amines is 1. The number of H-pyrrole nitrogens is 1. The van der Waals surface area contributed by atoms with Gasteiger partial charge in [-0.2, -0.15) is 0 Å². The monoisotopic (exact) mass is 260 g/mol. The predicted molar refractivity (Wildman–Crippen MR) is 71.0 cm³/mol. The molecule has 0 amide bonds. The number of rotatable bonds is 2. The first-order chi connectivity index (χ1) is 8.78. The molecular formula is C14H13ClN2O. The molecule has 0 saturated carbocycles. The Bertz CT molecular complexity index is 636. The maximum absolute atomic E-state index is 11.6. The molecule has 18 heavy (non-hydrogen) atoms. The molecule has 1 atom stereocenters. The summed E-state index contributed by atoms with van der Waals surface area (Å²) in [6.07, 6.45) is 2.03. The number of aryl methyl sites for hydroxylation is 1. The molecule has 0 saturated heterocycles. The number of nitrogens with one attached hydrogen (secondary N) is 1. The highest BCUT2D eigenvalue weighted by atomic mass is 35.5. The van der Waals surface area contributed by atoms with Gasteiger partial charge in [0.1, 0.15) is 5.82 Å². The Balaban J connectivity index is 2.07. The molecule has 0 fully saturated rings. The molecule has 0 aliphatic heterocycles. The second-order valence-corrected chi connectivity index (χ2v) is 4.81. The van der Waals surface area contributed by atoms with Crippen molar-refractivity contribution in [3.63, 3.8) is 0 Å². The lowest BCUT2D eigenvalue weighted by molar-refractivity contribution is 0.717. The fourth-order valence-corrected chi connectivity index (χ4v) is 2.74. The van der Waals surface area contributed by atoms with Crippen LogP contribution < -0.4 is 5.56 Å². The zero-order chi connectivity index (χ0) is 12.5. The number of fused-ring (bicyclic) bond motifs is 1. The summed E-state index contributed by atoms with van der Waals surface area (Å²) >= 11 is 5.76. The maximum atomic E-state index is 11.6. The lowest BCUT2D eigenvalue weighted by atomic mass is 10.0. The molecule has 1 aliphatic carbocycles. The molecule has 92 valence electrons. The molecular weight excluding hydrogens is 248 g/mol. The third-order valence-electron chi connectivity index (χ3n) is 3.41. The first kappa shape index (κ1) is 11.5. The van der Waals surface area contributed by atoms with Gasteiger partial charge in [-0.15, -0.1) is 11.6 Å². The average molecular weight is 261 g/mol. The van der Waals surface area contributed by atoms with Crippen molar-refractivity contribution in [1.29, 1.82) is 0 Å². The van der Waals surface area contributed by atoms with Crippen molar-refractivity contribution in [2.75, 3.05) is 0 Å². The summed E-state index contributed by atoms with van der Waals surface area (Å²) in [6.45, 7) is 0. The van der Waals surface area contributed by atoms with Crippen LogP contribution in [0.25, 0.3) is 0 Å². The Labute approximate surface area is 110 Å². The Hall–Kier alpha value is -1.61. The van der Waals surface area contributed by atoms with Crippen molar-refractivity contribution < 1.29 is 0 Å². The number of hydrogen-bond acceptors (Lipinski definition) is 2. The number of halogens is 1. The van der Waals surface area contributed by atoms with E-state index in [4.69, 9.17) is 11.6 Å². The fraction of sp³-hybridized carbons (Fsp3) is 0.286. The molecule has 1 unspecified atom stereocenters. The van der Waals surface area contributed by atoms with E-state index >= 15 is 0 Å². The van der Waals surface area contributed by atoms with Gasteiger partial charge < -0.3 is 4.98 Å². The fourth-order valence-electron chi connectivity index (χ4n) is 2.60. The second-order valence-electron chi connectivity index (χ2n) is 4.55. The first-order valence-corrected chi connectivity index (χ1v) is 6.55. The summed E-state index contributed by atoms with van der Waals surface area (Å²) in [5.74, 6) is 1.20. The topological polar surface area (TPSA) is 45.8 Å². The van der Waals surface area contributed by atoms with E-state index in [1.165, 1.54) is 17.2 Å². The Morgan fingerprint density at radius 3 is 3.06 bits per heavy atom. The maximum Gasteiger partial charge on any atom is 0.251 e. The number of nitrogens with zero attached hydrogens (tertiary/aromatic N) is 1. The molecule has 3 nitrogen and oxygen atoms in total. The van der Waals surface area contributed by atoms with E-state index in [0.717, 1.165) is 18.7 Å². The third kappa shape index (κ3) is 1.95. The van der Waals surface area contributed by atoms with Gasteiger partial charge in [0.05, 0.1) is 11.6 Å². The molecule has 1 aromatic carbocycles. The zero-order valence-corrected chi connectivity index (χ0v) is 10.6. The number of benzene rings is 1. The minimum atomic E-state index is -0.125. The predicted octanol–water partition coefficient (Wildman–Crippen LogP) is 2.59. The van der Waals surface area contributed by atoms with Gasteiger partial charge in [0, 0.05) is 12.0 Å². The van der Waals surface area contributed by atoms with Gasteiger partial charge in [-0.05, 0) is 24.0 Å². The molecule has 3 rings (SSSR count). The van der Waals surface area contributed by atoms with E-state index in [1.54, 1.807) is 0 Å². The van der Waals surface area contributed by atoms with Gasteiger partial charge in [-0.1, -0.05) is 24.3 Å². The minimum absolute atomic E-state index is 0.125. The summed E-state index contributed by atoms with van der Waals surface area (Å²) < 4.78 is 0. The van der Waals surface area contributed by atoms with E-state index in [2.05, 4.69) is 22.1 Å². The molecule has 1 N–H and O–H groups in total. The molecule has 1 aromatic heterocycles. The van der Waals surface area contributed by atoms with E-state index in [-0.39, 0.29) is 17.4 Å². The zero-order valence-electron chi connectivity index (χ0n) is 9.82. The average Bonchev–Trinajstić information content (AvgIpc) is 2.81. The highest BCUT2D eigenvalue weighted by Crippen LogP contribution is 2.35. The van der Waals surface area contributed by atoms with E-state index < -0.39 is 0 Å². The standard InChI is InChI=1S/C14H13ClN2O/c15-8-10-7-13(18)17-14(16-10)12-6-5-9-3-1-2-4-11(9)12/h1-4,7,12H,5-6,8H2,(H,16,17,18). The lowest BCUT2D eigenvalue weighted by Gasteiger charge is -2.11. The van der Waals surface area contributed by atoms with Crippen molar-refractivity contribution in [3.8, 4) is 0 Å². The third-order valence-corrected chi connectivity index (χ3v) is 3.69. The normalized spacial score (nSPS) is 17.7. The summed E-state index contributed by atoms with van der Waals surface area (Å²) in [5.41, 5.74) is 3.13. The van der Waals surface area contributed by atoms with Gasteiger partial charge in [0.2, 0.25) is 0 Å². The summed E-state index contributed by atoms with van der Waals surface area (Å²) in [6, 6.07) is 9.78. The van der Waals surface area contributed by atoms with Crippen LogP contribution in [0.5, 0.6) is 0 Å². The van der Waals surface area contributed by atoms with Crippen molar-refractivity contribution in [2.24, 2.45) is 0 Å². The minimum Gasteiger partial charge on any atom is -0.310 e. The Kier molecular flexibility index (Phi) is 2.92. The summed E-state index contributed by atoms with van der Waals surface area (Å²) in [5, 5.41) is 0. The van der Waals surface area contributed by atoms with Crippen LogP contribution in [0.3, 0.4) is 0 Å². The van der Waals surface area contributed by atoms with Gasteiger partial charge in [-0.3, -0.25) is 4.79 Å². The van der Waals surface area contributed by atoms with Gasteiger partial charge in [-0.25, -0.2) is 4.98 Å². The van der Waals surface area contributed by atoms with Crippen LogP contribution in [-0.2, 0) is 12.3 Å². The van der Waals surface area contributed by atoms with Gasteiger partial charge >= 0.3 is 0 Å². The van der Waals surface area contributed by atoms with Crippen LogP contribution in [0.15, 0.2) is 35.1 Å². The summed E-state index contributed by atoms with van der Waals surface area (Å²) in [4.78, 5) is 18.9. The Morgan fingerprint density at radius 1 is 1.39 bits per heavy atom. The van der Waals surface area contributed by atoms with Crippen molar-refractivity contribution >= 4 is 11.6 Å². The molecule has 1 heterocycles. The van der Waals surface area contributed by atoms with E-state index in [1.807, 2.05) is 12.1 Å². The van der Waals surface area contributed by atoms with Crippen molar-refractivity contribution in [2.45, 2.75) is 24.6 Å². The van der Waals surface area contributed by atoms with Crippen LogP contribution in [0.2, 0.25) is 0 Å². The quantitative estimate of drug-likeness (QED) is 0.844. The number of hydrogen-bond donors (Lipinski definition) is 1. The van der Waals surface area contributed by atoms with Crippen LogP contribution in [-0.4, -0.2) is 9.97 Å². The van der Waals surface area contributed by atoms with Crippen molar-refractivity contribution in [3.05, 3.63) is 63.3 Å². The number of alkyl halides is 1. The lowest BCUT2D eigenvalue weighted by Crippen LogP contribution is -2.15. The molecule has 2 aromatic rings. The SMILES string of the molecule is O=c1cc(CCl)nc(C2CCc3ccccc32)[nH]1.